The zero-order valence-corrected chi connectivity index (χ0v) is 14.0. The average Bonchev–Trinajstić information content (AvgIpc) is 2.42. The maximum atomic E-state index is 12.5. The standard InChI is InChI=1S/C15H27N3O2S/c1-4-11-18(12-7-10-16)14-8-5-6-9-15(14)21(19,20)17-13(2)3/h5-6,8-9,13,17H,4,7,10-12,16H2,1-3H3. The molecular formula is C15H27N3O2S. The number of hydrogen-bond donors (Lipinski definition) is 2. The lowest BCUT2D eigenvalue weighted by atomic mass is 10.2. The van der Waals surface area contributed by atoms with E-state index in [1.165, 1.54) is 0 Å². The van der Waals surface area contributed by atoms with Crippen LogP contribution in [0.5, 0.6) is 0 Å². The first kappa shape index (κ1) is 17.9. The lowest BCUT2D eigenvalue weighted by Crippen LogP contribution is -2.33. The second-order valence-corrected chi connectivity index (χ2v) is 7.06. The SMILES string of the molecule is CCCN(CCCN)c1ccccc1S(=O)(=O)NC(C)C. The molecule has 0 atom stereocenters. The van der Waals surface area contributed by atoms with E-state index in [9.17, 15) is 8.42 Å². The topological polar surface area (TPSA) is 75.4 Å². The molecule has 0 spiro atoms. The van der Waals surface area contributed by atoms with E-state index in [0.29, 0.717) is 11.4 Å². The first-order valence-corrected chi connectivity index (χ1v) is 8.97. The van der Waals surface area contributed by atoms with Gasteiger partial charge < -0.3 is 10.6 Å². The minimum atomic E-state index is -3.50. The fourth-order valence-electron chi connectivity index (χ4n) is 2.22. The van der Waals surface area contributed by atoms with Gasteiger partial charge in [0.05, 0.1) is 5.69 Å². The Hall–Kier alpha value is -1.11. The molecule has 3 N–H and O–H groups in total. The summed E-state index contributed by atoms with van der Waals surface area (Å²) in [6.07, 6.45) is 1.79. The number of nitrogens with one attached hydrogen (secondary N) is 1. The molecule has 1 aromatic carbocycles. The van der Waals surface area contributed by atoms with Crippen molar-refractivity contribution < 1.29 is 8.42 Å². The number of nitrogens with zero attached hydrogens (tertiary/aromatic N) is 1. The fourth-order valence-corrected chi connectivity index (χ4v) is 3.70. The maximum absolute atomic E-state index is 12.5. The third-order valence-corrected chi connectivity index (χ3v) is 4.72. The Kier molecular flexibility index (Phi) is 7.14. The predicted octanol–water partition coefficient (Wildman–Crippen LogP) is 1.94. The van der Waals surface area contributed by atoms with Crippen molar-refractivity contribution in [1.82, 2.24) is 4.72 Å². The summed E-state index contributed by atoms with van der Waals surface area (Å²) in [7, 11) is -3.50. The van der Waals surface area contributed by atoms with Crippen LogP contribution in [0.3, 0.4) is 0 Å². The first-order chi connectivity index (χ1) is 9.92. The van der Waals surface area contributed by atoms with E-state index in [1.807, 2.05) is 26.0 Å². The number of hydrogen-bond acceptors (Lipinski definition) is 4. The van der Waals surface area contributed by atoms with Crippen LogP contribution in [0.15, 0.2) is 29.2 Å². The predicted molar refractivity (Wildman–Crippen MR) is 88.1 cm³/mol. The summed E-state index contributed by atoms with van der Waals surface area (Å²) in [5.74, 6) is 0. The van der Waals surface area contributed by atoms with E-state index in [2.05, 4.69) is 16.5 Å². The van der Waals surface area contributed by atoms with E-state index in [-0.39, 0.29) is 6.04 Å². The minimum absolute atomic E-state index is 0.133. The van der Waals surface area contributed by atoms with Crippen molar-refractivity contribution in [3.63, 3.8) is 0 Å². The van der Waals surface area contributed by atoms with Gasteiger partial charge in [0.2, 0.25) is 10.0 Å². The van der Waals surface area contributed by atoms with E-state index >= 15 is 0 Å². The van der Waals surface area contributed by atoms with Gasteiger partial charge in [0, 0.05) is 19.1 Å². The highest BCUT2D eigenvalue weighted by Gasteiger charge is 2.21. The highest BCUT2D eigenvalue weighted by atomic mass is 32.2. The van der Waals surface area contributed by atoms with Gasteiger partial charge >= 0.3 is 0 Å². The van der Waals surface area contributed by atoms with Crippen LogP contribution < -0.4 is 15.4 Å². The average molecular weight is 313 g/mol. The third kappa shape index (κ3) is 5.30. The van der Waals surface area contributed by atoms with Crippen molar-refractivity contribution in [3.8, 4) is 0 Å². The molecule has 0 aromatic heterocycles. The quantitative estimate of drug-likeness (QED) is 0.730. The lowest BCUT2D eigenvalue weighted by molar-refractivity contribution is 0.569. The molecule has 0 radical (unpaired) electrons. The highest BCUT2D eigenvalue weighted by molar-refractivity contribution is 7.89. The lowest BCUT2D eigenvalue weighted by Gasteiger charge is -2.26. The Balaban J connectivity index is 3.17. The largest absolute Gasteiger partial charge is 0.370 e. The zero-order chi connectivity index (χ0) is 15.9. The summed E-state index contributed by atoms with van der Waals surface area (Å²) >= 11 is 0. The van der Waals surface area contributed by atoms with Crippen molar-refractivity contribution in [2.45, 2.75) is 44.6 Å². The van der Waals surface area contributed by atoms with Gasteiger partial charge in [-0.3, -0.25) is 0 Å². The zero-order valence-electron chi connectivity index (χ0n) is 13.2. The van der Waals surface area contributed by atoms with Gasteiger partial charge in [0.15, 0.2) is 0 Å². The minimum Gasteiger partial charge on any atom is -0.370 e. The van der Waals surface area contributed by atoms with Crippen LogP contribution in [0, 0.1) is 0 Å². The molecule has 0 heterocycles. The molecule has 0 aliphatic rings. The number of para-hydroxylation sites is 1. The first-order valence-electron chi connectivity index (χ1n) is 7.48. The number of benzene rings is 1. The van der Waals surface area contributed by atoms with E-state index in [4.69, 9.17) is 5.73 Å². The molecule has 0 unspecified atom stereocenters. The smallest absolute Gasteiger partial charge is 0.242 e. The molecular weight excluding hydrogens is 286 g/mol. The molecule has 21 heavy (non-hydrogen) atoms. The second kappa shape index (κ2) is 8.36. The molecule has 0 saturated carbocycles. The Morgan fingerprint density at radius 3 is 2.48 bits per heavy atom. The summed E-state index contributed by atoms with van der Waals surface area (Å²) in [6.45, 7) is 7.89. The normalized spacial score (nSPS) is 11.9. The van der Waals surface area contributed by atoms with E-state index in [0.717, 1.165) is 31.6 Å². The third-order valence-electron chi connectivity index (χ3n) is 3.01. The highest BCUT2D eigenvalue weighted by Crippen LogP contribution is 2.25. The summed E-state index contributed by atoms with van der Waals surface area (Å²) in [6, 6.07) is 7.01. The molecule has 0 saturated heterocycles. The summed E-state index contributed by atoms with van der Waals surface area (Å²) < 4.78 is 27.6. The van der Waals surface area contributed by atoms with Crippen LogP contribution in [0.2, 0.25) is 0 Å². The van der Waals surface area contributed by atoms with Crippen LogP contribution in [-0.4, -0.2) is 34.1 Å². The molecule has 1 aromatic rings. The van der Waals surface area contributed by atoms with E-state index in [1.54, 1.807) is 12.1 Å². The molecule has 0 aliphatic heterocycles. The Labute approximate surface area is 128 Å². The molecule has 1 rings (SSSR count). The van der Waals surface area contributed by atoms with Gasteiger partial charge in [-0.1, -0.05) is 19.1 Å². The van der Waals surface area contributed by atoms with Gasteiger partial charge in [-0.05, 0) is 45.4 Å². The Morgan fingerprint density at radius 1 is 1.24 bits per heavy atom. The monoisotopic (exact) mass is 313 g/mol. The van der Waals surface area contributed by atoms with Crippen LogP contribution in [0.25, 0.3) is 0 Å². The molecule has 6 heteroatoms. The number of sulfonamides is 1. The second-order valence-electron chi connectivity index (χ2n) is 5.37. The van der Waals surface area contributed by atoms with Gasteiger partial charge in [-0.25, -0.2) is 13.1 Å². The van der Waals surface area contributed by atoms with Crippen molar-refractivity contribution >= 4 is 15.7 Å². The molecule has 0 amide bonds. The number of anilines is 1. The maximum Gasteiger partial charge on any atom is 0.242 e. The van der Waals surface area contributed by atoms with Crippen molar-refractivity contribution in [2.24, 2.45) is 5.73 Å². The fraction of sp³-hybridized carbons (Fsp3) is 0.600. The Bertz CT molecular complexity index is 529. The Morgan fingerprint density at radius 2 is 1.90 bits per heavy atom. The van der Waals surface area contributed by atoms with Crippen molar-refractivity contribution in [1.29, 1.82) is 0 Å². The molecule has 5 nitrogen and oxygen atoms in total. The van der Waals surface area contributed by atoms with Crippen molar-refractivity contribution in [3.05, 3.63) is 24.3 Å². The van der Waals surface area contributed by atoms with Gasteiger partial charge in [0.1, 0.15) is 4.90 Å². The number of nitrogens with two attached hydrogens (primary N) is 1. The molecule has 120 valence electrons. The molecule has 0 bridgehead atoms. The summed E-state index contributed by atoms with van der Waals surface area (Å²) in [5.41, 5.74) is 6.33. The van der Waals surface area contributed by atoms with Crippen LogP contribution in [-0.2, 0) is 10.0 Å². The van der Waals surface area contributed by atoms with Gasteiger partial charge in [-0.2, -0.15) is 0 Å². The van der Waals surface area contributed by atoms with Gasteiger partial charge in [-0.15, -0.1) is 0 Å². The van der Waals surface area contributed by atoms with E-state index < -0.39 is 10.0 Å². The van der Waals surface area contributed by atoms with Crippen LogP contribution in [0.4, 0.5) is 5.69 Å². The van der Waals surface area contributed by atoms with Crippen LogP contribution >= 0.6 is 0 Å². The summed E-state index contributed by atoms with van der Waals surface area (Å²) in [5, 5.41) is 0. The molecule has 0 aliphatic carbocycles. The molecule has 0 fully saturated rings. The summed E-state index contributed by atoms with van der Waals surface area (Å²) in [4.78, 5) is 2.44. The van der Waals surface area contributed by atoms with Crippen LogP contribution in [0.1, 0.15) is 33.6 Å². The van der Waals surface area contributed by atoms with Crippen molar-refractivity contribution in [2.75, 3.05) is 24.5 Å². The number of rotatable bonds is 9. The van der Waals surface area contributed by atoms with Gasteiger partial charge in [0.25, 0.3) is 0 Å².